The van der Waals surface area contributed by atoms with E-state index in [1.54, 1.807) is 4.31 Å². The van der Waals surface area contributed by atoms with E-state index < -0.39 is 10.0 Å². The van der Waals surface area contributed by atoms with Gasteiger partial charge in [0.15, 0.2) is 0 Å². The molecular formula is C20H29BrN2O3S. The Bertz CT molecular complexity index is 754. The molecule has 0 spiro atoms. The van der Waals surface area contributed by atoms with Gasteiger partial charge in [-0.3, -0.25) is 4.79 Å². The standard InChI is InChI=1S/C20H29BrN2O3S/c1-22(19-8-3-2-4-9-19)20(24)17-10-12-23(13-11-17)27(25,26)15-16-6-5-7-18(21)14-16/h5-7,14,17,19H,2-4,8-13,15H2,1H3. The van der Waals surface area contributed by atoms with Crippen LogP contribution in [0.1, 0.15) is 50.5 Å². The van der Waals surface area contributed by atoms with Crippen molar-refractivity contribution in [3.63, 3.8) is 0 Å². The van der Waals surface area contributed by atoms with Crippen molar-refractivity contribution in [2.75, 3.05) is 20.1 Å². The summed E-state index contributed by atoms with van der Waals surface area (Å²) in [5, 5.41) is 0. The quantitative estimate of drug-likeness (QED) is 0.676. The van der Waals surface area contributed by atoms with Crippen LogP contribution in [0.25, 0.3) is 0 Å². The van der Waals surface area contributed by atoms with E-state index in [-0.39, 0.29) is 17.6 Å². The molecule has 0 aromatic heterocycles. The van der Waals surface area contributed by atoms with Crippen LogP contribution in [-0.2, 0) is 20.6 Å². The van der Waals surface area contributed by atoms with Crippen LogP contribution in [0.15, 0.2) is 28.7 Å². The van der Waals surface area contributed by atoms with Gasteiger partial charge in [-0.1, -0.05) is 47.3 Å². The van der Waals surface area contributed by atoms with Crippen molar-refractivity contribution >= 4 is 31.9 Å². The van der Waals surface area contributed by atoms with E-state index in [0.29, 0.717) is 32.0 Å². The van der Waals surface area contributed by atoms with E-state index in [1.165, 1.54) is 19.3 Å². The predicted molar refractivity (Wildman–Crippen MR) is 111 cm³/mol. The van der Waals surface area contributed by atoms with Gasteiger partial charge in [0.25, 0.3) is 0 Å². The number of amides is 1. The highest BCUT2D eigenvalue weighted by atomic mass is 79.9. The summed E-state index contributed by atoms with van der Waals surface area (Å²) in [5.74, 6) is 0.160. The van der Waals surface area contributed by atoms with E-state index >= 15 is 0 Å². The van der Waals surface area contributed by atoms with Crippen molar-refractivity contribution in [2.24, 2.45) is 5.92 Å². The first kappa shape index (κ1) is 20.8. The van der Waals surface area contributed by atoms with Gasteiger partial charge < -0.3 is 4.90 Å². The lowest BCUT2D eigenvalue weighted by molar-refractivity contribution is -0.138. The zero-order valence-electron chi connectivity index (χ0n) is 15.9. The third-order valence-corrected chi connectivity index (χ3v) is 8.25. The van der Waals surface area contributed by atoms with Crippen LogP contribution < -0.4 is 0 Å². The number of carbonyl (C=O) groups excluding carboxylic acids is 1. The van der Waals surface area contributed by atoms with Gasteiger partial charge in [0.1, 0.15) is 0 Å². The normalized spacial score (nSPS) is 20.5. The van der Waals surface area contributed by atoms with E-state index in [1.807, 2.05) is 36.2 Å². The lowest BCUT2D eigenvalue weighted by Crippen LogP contribution is -2.46. The maximum Gasteiger partial charge on any atom is 0.225 e. The molecule has 3 rings (SSSR count). The van der Waals surface area contributed by atoms with E-state index in [9.17, 15) is 13.2 Å². The molecule has 1 aliphatic carbocycles. The van der Waals surface area contributed by atoms with Gasteiger partial charge in [-0.05, 0) is 43.4 Å². The average molecular weight is 457 g/mol. The second kappa shape index (κ2) is 9.05. The van der Waals surface area contributed by atoms with Gasteiger partial charge in [0.2, 0.25) is 15.9 Å². The summed E-state index contributed by atoms with van der Waals surface area (Å²) in [6.45, 7) is 0.872. The Morgan fingerprint density at radius 1 is 1.15 bits per heavy atom. The number of rotatable bonds is 5. The molecule has 0 unspecified atom stereocenters. The Kier molecular flexibility index (Phi) is 6.98. The highest BCUT2D eigenvalue weighted by Gasteiger charge is 2.34. The molecule has 1 heterocycles. The maximum atomic E-state index is 12.8. The van der Waals surface area contributed by atoms with E-state index in [2.05, 4.69) is 15.9 Å². The van der Waals surface area contributed by atoms with Gasteiger partial charge in [-0.2, -0.15) is 0 Å². The Balaban J connectivity index is 1.55. The van der Waals surface area contributed by atoms with Crippen molar-refractivity contribution < 1.29 is 13.2 Å². The minimum atomic E-state index is -3.36. The SMILES string of the molecule is CN(C(=O)C1CCN(S(=O)(=O)Cc2cccc(Br)c2)CC1)C1CCCCC1. The minimum Gasteiger partial charge on any atom is -0.343 e. The number of hydrogen-bond donors (Lipinski definition) is 0. The van der Waals surface area contributed by atoms with Gasteiger partial charge in [-0.25, -0.2) is 12.7 Å². The topological polar surface area (TPSA) is 57.7 Å². The molecule has 1 aliphatic heterocycles. The van der Waals surface area contributed by atoms with Crippen molar-refractivity contribution in [2.45, 2.75) is 56.7 Å². The largest absolute Gasteiger partial charge is 0.343 e. The number of hydrogen-bond acceptors (Lipinski definition) is 3. The van der Waals surface area contributed by atoms with Crippen LogP contribution in [0, 0.1) is 5.92 Å². The van der Waals surface area contributed by atoms with Crippen molar-refractivity contribution in [3.05, 3.63) is 34.3 Å². The van der Waals surface area contributed by atoms with Gasteiger partial charge in [0.05, 0.1) is 5.75 Å². The molecule has 27 heavy (non-hydrogen) atoms. The number of halogens is 1. The molecule has 5 nitrogen and oxygen atoms in total. The van der Waals surface area contributed by atoms with Crippen LogP contribution in [0.3, 0.4) is 0 Å². The van der Waals surface area contributed by atoms with Gasteiger partial charge in [0, 0.05) is 36.6 Å². The lowest BCUT2D eigenvalue weighted by atomic mass is 9.91. The number of sulfonamides is 1. The highest BCUT2D eigenvalue weighted by Crippen LogP contribution is 2.27. The Hall–Kier alpha value is -0.920. The molecule has 0 bridgehead atoms. The summed E-state index contributed by atoms with van der Waals surface area (Å²) in [5.41, 5.74) is 0.777. The molecular weight excluding hydrogens is 428 g/mol. The van der Waals surface area contributed by atoms with Crippen molar-refractivity contribution in [3.8, 4) is 0 Å². The third-order valence-electron chi connectivity index (χ3n) is 5.90. The Morgan fingerprint density at radius 3 is 2.44 bits per heavy atom. The predicted octanol–water partition coefficient (Wildman–Crippen LogP) is 3.78. The molecule has 150 valence electrons. The smallest absolute Gasteiger partial charge is 0.225 e. The first-order valence-corrected chi connectivity index (χ1v) is 12.3. The fourth-order valence-electron chi connectivity index (χ4n) is 4.25. The van der Waals surface area contributed by atoms with Crippen LogP contribution in [-0.4, -0.2) is 49.7 Å². The Labute approximate surface area is 171 Å². The molecule has 1 saturated heterocycles. The maximum absolute atomic E-state index is 12.8. The highest BCUT2D eigenvalue weighted by molar-refractivity contribution is 9.10. The fourth-order valence-corrected chi connectivity index (χ4v) is 6.24. The van der Waals surface area contributed by atoms with Crippen LogP contribution in [0.5, 0.6) is 0 Å². The van der Waals surface area contributed by atoms with Crippen LogP contribution >= 0.6 is 15.9 Å². The van der Waals surface area contributed by atoms with E-state index in [0.717, 1.165) is 22.9 Å². The zero-order valence-corrected chi connectivity index (χ0v) is 18.3. The monoisotopic (exact) mass is 456 g/mol. The molecule has 0 radical (unpaired) electrons. The summed E-state index contributed by atoms with van der Waals surface area (Å²) >= 11 is 3.39. The number of benzene rings is 1. The second-order valence-electron chi connectivity index (χ2n) is 7.80. The zero-order chi connectivity index (χ0) is 19.4. The summed E-state index contributed by atoms with van der Waals surface area (Å²) < 4.78 is 27.9. The second-order valence-corrected chi connectivity index (χ2v) is 10.7. The molecule has 1 aromatic carbocycles. The number of piperidine rings is 1. The fraction of sp³-hybridized carbons (Fsp3) is 0.650. The van der Waals surface area contributed by atoms with Gasteiger partial charge >= 0.3 is 0 Å². The molecule has 7 heteroatoms. The number of carbonyl (C=O) groups is 1. The summed E-state index contributed by atoms with van der Waals surface area (Å²) in [6.07, 6.45) is 7.11. The summed E-state index contributed by atoms with van der Waals surface area (Å²) in [4.78, 5) is 14.8. The van der Waals surface area contributed by atoms with Gasteiger partial charge in [-0.15, -0.1) is 0 Å². The molecule has 2 aliphatic rings. The summed E-state index contributed by atoms with van der Waals surface area (Å²) in [6, 6.07) is 7.77. The molecule has 2 fully saturated rings. The molecule has 0 N–H and O–H groups in total. The Morgan fingerprint density at radius 2 is 1.81 bits per heavy atom. The minimum absolute atomic E-state index is 0.00697. The molecule has 0 atom stereocenters. The molecule has 1 aromatic rings. The van der Waals surface area contributed by atoms with Crippen LogP contribution in [0.2, 0.25) is 0 Å². The first-order valence-electron chi connectivity index (χ1n) is 9.86. The molecule has 1 amide bonds. The van der Waals surface area contributed by atoms with E-state index in [4.69, 9.17) is 0 Å². The first-order chi connectivity index (χ1) is 12.9. The summed E-state index contributed by atoms with van der Waals surface area (Å²) in [7, 11) is -1.43. The number of nitrogens with zero attached hydrogens (tertiary/aromatic N) is 2. The van der Waals surface area contributed by atoms with Crippen LogP contribution in [0.4, 0.5) is 0 Å². The molecule has 1 saturated carbocycles. The third kappa shape index (κ3) is 5.33. The average Bonchev–Trinajstić information content (AvgIpc) is 2.67. The lowest BCUT2D eigenvalue weighted by Gasteiger charge is -2.36. The van der Waals surface area contributed by atoms with Crippen molar-refractivity contribution in [1.82, 2.24) is 9.21 Å². The van der Waals surface area contributed by atoms with Crippen molar-refractivity contribution in [1.29, 1.82) is 0 Å².